The maximum absolute atomic E-state index is 11.6. The van der Waals surface area contributed by atoms with Crippen molar-refractivity contribution in [2.24, 2.45) is 0 Å². The Kier molecular flexibility index (Phi) is 5.42. The highest BCUT2D eigenvalue weighted by atomic mass is 16.5. The number of carbonyl (C=O) groups excluding carboxylic acids is 2. The summed E-state index contributed by atoms with van der Waals surface area (Å²) in [4.78, 5) is 25.3. The number of piperidine rings is 1. The largest absolute Gasteiger partial charge is 0.469 e. The first-order valence-corrected chi connectivity index (χ1v) is 9.20. The van der Waals surface area contributed by atoms with E-state index in [-0.39, 0.29) is 23.3 Å². The van der Waals surface area contributed by atoms with Crippen LogP contribution in [0.4, 0.5) is 0 Å². The second-order valence-electron chi connectivity index (χ2n) is 7.35. The van der Waals surface area contributed by atoms with Crippen LogP contribution < -0.4 is 5.32 Å². The minimum atomic E-state index is -0.128. The van der Waals surface area contributed by atoms with Gasteiger partial charge in [-0.1, -0.05) is 24.3 Å². The zero-order valence-corrected chi connectivity index (χ0v) is 15.2. The van der Waals surface area contributed by atoms with Gasteiger partial charge in [0, 0.05) is 18.8 Å². The number of methoxy groups -OCH3 is 1. The molecule has 0 unspecified atom stereocenters. The van der Waals surface area contributed by atoms with Gasteiger partial charge in [-0.2, -0.15) is 0 Å². The predicted molar refractivity (Wildman–Crippen MR) is 96.2 cm³/mol. The van der Waals surface area contributed by atoms with Crippen LogP contribution in [0.25, 0.3) is 0 Å². The van der Waals surface area contributed by atoms with Gasteiger partial charge in [-0.3, -0.25) is 9.59 Å². The number of fused-ring (bicyclic) bond motifs is 2. The summed E-state index contributed by atoms with van der Waals surface area (Å²) in [5.74, 6) is -0.0894. The van der Waals surface area contributed by atoms with E-state index in [4.69, 9.17) is 4.74 Å². The molecule has 1 atom stereocenters. The summed E-state index contributed by atoms with van der Waals surface area (Å²) in [5, 5.41) is 3.13. The molecule has 0 bridgehead atoms. The summed E-state index contributed by atoms with van der Waals surface area (Å²) < 4.78 is 4.71. The number of amides is 1. The summed E-state index contributed by atoms with van der Waals surface area (Å²) in [5.41, 5.74) is 2.89. The van der Waals surface area contributed by atoms with E-state index in [0.29, 0.717) is 6.42 Å². The zero-order valence-electron chi connectivity index (χ0n) is 15.2. The fraction of sp³-hybridized carbons (Fsp3) is 0.600. The van der Waals surface area contributed by atoms with Crippen molar-refractivity contribution in [2.75, 3.05) is 26.7 Å². The molecule has 1 aliphatic heterocycles. The first kappa shape index (κ1) is 17.9. The molecule has 1 aromatic carbocycles. The van der Waals surface area contributed by atoms with Crippen LogP contribution in [0.5, 0.6) is 0 Å². The number of likely N-dealkylation sites (tertiary alicyclic amines) is 1. The van der Waals surface area contributed by atoms with Gasteiger partial charge in [0.05, 0.1) is 13.2 Å². The van der Waals surface area contributed by atoms with E-state index in [1.165, 1.54) is 18.2 Å². The lowest BCUT2D eigenvalue weighted by Crippen LogP contribution is -2.42. The Labute approximate surface area is 149 Å². The molecule has 1 saturated heterocycles. The third-order valence-electron chi connectivity index (χ3n) is 5.78. The van der Waals surface area contributed by atoms with Crippen LogP contribution in [-0.2, 0) is 19.7 Å². The Bertz CT molecular complexity index is 636. The molecule has 1 N–H and O–H groups in total. The SMILES string of the molecule is COC(=O)CCCN1CCC2(CC1)C[C@H](NC(C)=O)c1ccccc12. The average molecular weight is 344 g/mol. The third kappa shape index (κ3) is 3.87. The summed E-state index contributed by atoms with van der Waals surface area (Å²) in [6, 6.07) is 8.71. The van der Waals surface area contributed by atoms with Crippen molar-refractivity contribution in [2.45, 2.75) is 50.5 Å². The number of carbonyl (C=O) groups is 2. The number of hydrogen-bond acceptors (Lipinski definition) is 4. The lowest BCUT2D eigenvalue weighted by atomic mass is 9.73. The number of hydrogen-bond donors (Lipinski definition) is 1. The molecule has 1 fully saturated rings. The van der Waals surface area contributed by atoms with Gasteiger partial charge < -0.3 is 15.0 Å². The van der Waals surface area contributed by atoms with Crippen molar-refractivity contribution >= 4 is 11.9 Å². The summed E-state index contributed by atoms with van der Waals surface area (Å²) in [7, 11) is 1.44. The van der Waals surface area contributed by atoms with Crippen molar-refractivity contribution in [3.8, 4) is 0 Å². The summed E-state index contributed by atoms with van der Waals surface area (Å²) in [6.07, 6.45) is 4.56. The number of ether oxygens (including phenoxy) is 1. The number of nitrogens with zero attached hydrogens (tertiary/aromatic N) is 1. The summed E-state index contributed by atoms with van der Waals surface area (Å²) >= 11 is 0. The van der Waals surface area contributed by atoms with Crippen LogP contribution in [0.3, 0.4) is 0 Å². The number of esters is 1. The lowest BCUT2D eigenvalue weighted by molar-refractivity contribution is -0.140. The van der Waals surface area contributed by atoms with Gasteiger partial charge in [-0.15, -0.1) is 0 Å². The fourth-order valence-electron chi connectivity index (χ4n) is 4.50. The lowest BCUT2D eigenvalue weighted by Gasteiger charge is -2.40. The maximum atomic E-state index is 11.6. The fourth-order valence-corrected chi connectivity index (χ4v) is 4.50. The molecule has 136 valence electrons. The molecule has 1 aliphatic carbocycles. The van der Waals surface area contributed by atoms with E-state index < -0.39 is 0 Å². The molecule has 0 saturated carbocycles. The molecule has 1 amide bonds. The van der Waals surface area contributed by atoms with Gasteiger partial charge in [0.25, 0.3) is 0 Å². The topological polar surface area (TPSA) is 58.6 Å². The van der Waals surface area contributed by atoms with E-state index in [9.17, 15) is 9.59 Å². The van der Waals surface area contributed by atoms with Gasteiger partial charge in [0.2, 0.25) is 5.91 Å². The Morgan fingerprint density at radius 2 is 2.00 bits per heavy atom. The quantitative estimate of drug-likeness (QED) is 0.834. The van der Waals surface area contributed by atoms with Crippen molar-refractivity contribution in [3.63, 3.8) is 0 Å². The normalized spacial score (nSPS) is 21.8. The van der Waals surface area contributed by atoms with Crippen molar-refractivity contribution in [1.82, 2.24) is 10.2 Å². The Morgan fingerprint density at radius 1 is 1.28 bits per heavy atom. The molecule has 2 aliphatic rings. The van der Waals surface area contributed by atoms with Gasteiger partial charge in [-0.25, -0.2) is 0 Å². The van der Waals surface area contributed by atoms with Crippen LogP contribution in [0, 0.1) is 0 Å². The van der Waals surface area contributed by atoms with E-state index in [1.54, 1.807) is 6.92 Å². The van der Waals surface area contributed by atoms with E-state index >= 15 is 0 Å². The summed E-state index contributed by atoms with van der Waals surface area (Å²) in [6.45, 7) is 4.63. The van der Waals surface area contributed by atoms with Crippen LogP contribution in [-0.4, -0.2) is 43.5 Å². The molecular formula is C20H28N2O3. The first-order valence-electron chi connectivity index (χ1n) is 9.20. The van der Waals surface area contributed by atoms with Gasteiger partial charge in [0.1, 0.15) is 0 Å². The second kappa shape index (κ2) is 7.56. The van der Waals surface area contributed by atoms with Crippen LogP contribution in [0.1, 0.15) is 56.2 Å². The molecule has 5 heteroatoms. The second-order valence-corrected chi connectivity index (χ2v) is 7.35. The smallest absolute Gasteiger partial charge is 0.305 e. The molecule has 3 rings (SSSR count). The van der Waals surface area contributed by atoms with Crippen LogP contribution in [0.15, 0.2) is 24.3 Å². The monoisotopic (exact) mass is 344 g/mol. The molecule has 25 heavy (non-hydrogen) atoms. The highest BCUT2D eigenvalue weighted by Crippen LogP contribution is 2.50. The number of benzene rings is 1. The maximum Gasteiger partial charge on any atom is 0.305 e. The Balaban J connectivity index is 1.62. The van der Waals surface area contributed by atoms with Crippen LogP contribution >= 0.6 is 0 Å². The highest BCUT2D eigenvalue weighted by Gasteiger charge is 2.45. The predicted octanol–water partition coefficient (Wildman–Crippen LogP) is 2.55. The highest BCUT2D eigenvalue weighted by molar-refractivity contribution is 5.74. The minimum Gasteiger partial charge on any atom is -0.469 e. The Morgan fingerprint density at radius 3 is 2.68 bits per heavy atom. The van der Waals surface area contributed by atoms with E-state index in [1.807, 2.05) is 0 Å². The van der Waals surface area contributed by atoms with E-state index in [2.05, 4.69) is 34.5 Å². The molecule has 1 spiro atoms. The first-order chi connectivity index (χ1) is 12.0. The third-order valence-corrected chi connectivity index (χ3v) is 5.78. The van der Waals surface area contributed by atoms with Gasteiger partial charge in [0.15, 0.2) is 0 Å². The molecule has 1 aromatic rings. The van der Waals surface area contributed by atoms with Crippen molar-refractivity contribution in [1.29, 1.82) is 0 Å². The van der Waals surface area contributed by atoms with Gasteiger partial charge >= 0.3 is 5.97 Å². The number of rotatable bonds is 5. The van der Waals surface area contributed by atoms with Crippen molar-refractivity contribution in [3.05, 3.63) is 35.4 Å². The van der Waals surface area contributed by atoms with E-state index in [0.717, 1.165) is 45.3 Å². The molecule has 0 aromatic heterocycles. The molecule has 0 radical (unpaired) electrons. The van der Waals surface area contributed by atoms with Gasteiger partial charge in [-0.05, 0) is 56.4 Å². The number of nitrogens with one attached hydrogen (secondary N) is 1. The Hall–Kier alpha value is -1.88. The standard InChI is InChI=1S/C20H28N2O3/c1-15(23)21-18-14-20(17-7-4-3-6-16(17)18)9-12-22(13-10-20)11-5-8-19(24)25-2/h3-4,6-7,18H,5,8-14H2,1-2H3,(H,21,23)/t18-/m0/s1. The van der Waals surface area contributed by atoms with Crippen LogP contribution in [0.2, 0.25) is 0 Å². The molecule has 1 heterocycles. The minimum absolute atomic E-state index is 0.0390. The van der Waals surface area contributed by atoms with Crippen molar-refractivity contribution < 1.29 is 14.3 Å². The molecule has 5 nitrogen and oxygen atoms in total. The average Bonchev–Trinajstić information content (AvgIpc) is 2.90. The zero-order chi connectivity index (χ0) is 17.9. The molecular weight excluding hydrogens is 316 g/mol.